The van der Waals surface area contributed by atoms with Gasteiger partial charge in [0.25, 0.3) is 0 Å². The lowest BCUT2D eigenvalue weighted by Crippen LogP contribution is -2.49. The fourth-order valence-electron chi connectivity index (χ4n) is 4.98. The highest BCUT2D eigenvalue weighted by molar-refractivity contribution is 5.76. The Morgan fingerprint density at radius 1 is 0.857 bits per heavy atom. The summed E-state index contributed by atoms with van der Waals surface area (Å²) in [5.74, 6) is 2.55. The topological polar surface area (TPSA) is 96.2 Å². The van der Waals surface area contributed by atoms with Crippen LogP contribution in [0.3, 0.4) is 0 Å². The molecule has 0 saturated carbocycles. The molecule has 1 amide bonds. The number of hydrogen-bond acceptors (Lipinski definition) is 8. The van der Waals surface area contributed by atoms with Crippen LogP contribution in [0, 0.1) is 13.8 Å². The third-order valence-corrected chi connectivity index (χ3v) is 7.03. The number of aryl methyl sites for hydroxylation is 1. The van der Waals surface area contributed by atoms with Crippen LogP contribution in [-0.4, -0.2) is 80.0 Å². The Balaban J connectivity index is 1.18. The van der Waals surface area contributed by atoms with E-state index in [0.29, 0.717) is 31.7 Å². The molecule has 5 heterocycles. The van der Waals surface area contributed by atoms with Crippen LogP contribution in [0.15, 0.2) is 30.6 Å². The maximum absolute atomic E-state index is 12.9. The summed E-state index contributed by atoms with van der Waals surface area (Å²) in [6.07, 6.45) is 8.34. The quantitative estimate of drug-likeness (QED) is 0.536. The minimum absolute atomic E-state index is 0.177. The van der Waals surface area contributed by atoms with Crippen LogP contribution in [0.2, 0.25) is 0 Å². The summed E-state index contributed by atoms with van der Waals surface area (Å²) in [7, 11) is 0. The molecule has 5 rings (SSSR count). The van der Waals surface area contributed by atoms with Crippen molar-refractivity contribution in [3.8, 4) is 5.82 Å². The molecule has 35 heavy (non-hydrogen) atoms. The van der Waals surface area contributed by atoms with Gasteiger partial charge in [-0.1, -0.05) is 0 Å². The fourth-order valence-corrected chi connectivity index (χ4v) is 4.98. The molecule has 0 spiro atoms. The first-order valence-electron chi connectivity index (χ1n) is 12.5. The maximum atomic E-state index is 12.9. The van der Waals surface area contributed by atoms with Gasteiger partial charge in [-0.2, -0.15) is 5.10 Å². The molecular formula is C25H33N9O. The first-order valence-corrected chi connectivity index (χ1v) is 12.5. The third kappa shape index (κ3) is 5.11. The van der Waals surface area contributed by atoms with Crippen molar-refractivity contribution in [1.82, 2.24) is 34.8 Å². The van der Waals surface area contributed by atoms with Gasteiger partial charge in [-0.25, -0.2) is 14.6 Å². The number of piperazine rings is 1. The van der Waals surface area contributed by atoms with E-state index >= 15 is 0 Å². The van der Waals surface area contributed by atoms with Gasteiger partial charge in [-0.3, -0.25) is 4.79 Å². The van der Waals surface area contributed by atoms with Crippen molar-refractivity contribution in [1.29, 1.82) is 0 Å². The number of aromatic nitrogens is 6. The van der Waals surface area contributed by atoms with Crippen LogP contribution in [0.4, 0.5) is 11.8 Å². The lowest BCUT2D eigenvalue weighted by atomic mass is 10.1. The van der Waals surface area contributed by atoms with Gasteiger partial charge in [0.05, 0.1) is 5.69 Å². The summed E-state index contributed by atoms with van der Waals surface area (Å²) in [5.41, 5.74) is 3.06. The lowest BCUT2D eigenvalue weighted by Gasteiger charge is -2.34. The van der Waals surface area contributed by atoms with E-state index in [2.05, 4.69) is 30.0 Å². The first-order chi connectivity index (χ1) is 17.1. The number of carbonyl (C=O) groups excluding carboxylic acids is 1. The van der Waals surface area contributed by atoms with Crippen molar-refractivity contribution in [2.45, 2.75) is 46.0 Å². The van der Waals surface area contributed by atoms with E-state index in [4.69, 9.17) is 5.10 Å². The van der Waals surface area contributed by atoms with Crippen LogP contribution >= 0.6 is 0 Å². The molecule has 10 nitrogen and oxygen atoms in total. The number of nitrogens with zero attached hydrogens (tertiary/aromatic N) is 9. The zero-order chi connectivity index (χ0) is 24.2. The highest BCUT2D eigenvalue weighted by Gasteiger charge is 2.23. The van der Waals surface area contributed by atoms with E-state index in [1.807, 2.05) is 41.6 Å². The molecule has 2 saturated heterocycles. The van der Waals surface area contributed by atoms with Gasteiger partial charge in [0, 0.05) is 63.8 Å². The molecule has 184 valence electrons. The molecule has 2 aliphatic rings. The van der Waals surface area contributed by atoms with Gasteiger partial charge in [0.15, 0.2) is 11.6 Å². The average Bonchev–Trinajstić information content (AvgIpc) is 3.21. The average molecular weight is 476 g/mol. The highest BCUT2D eigenvalue weighted by atomic mass is 16.2. The number of hydrogen-bond donors (Lipinski definition) is 0. The van der Waals surface area contributed by atoms with Gasteiger partial charge in [0.1, 0.15) is 0 Å². The lowest BCUT2D eigenvalue weighted by molar-refractivity contribution is -0.131. The van der Waals surface area contributed by atoms with Crippen LogP contribution in [-0.2, 0) is 11.2 Å². The smallest absolute Gasteiger partial charge is 0.225 e. The monoisotopic (exact) mass is 475 g/mol. The maximum Gasteiger partial charge on any atom is 0.225 e. The van der Waals surface area contributed by atoms with Gasteiger partial charge in [-0.05, 0) is 63.3 Å². The molecule has 2 aliphatic heterocycles. The molecule has 3 aromatic heterocycles. The molecule has 0 aromatic carbocycles. The molecule has 0 bridgehead atoms. The summed E-state index contributed by atoms with van der Waals surface area (Å²) >= 11 is 0. The van der Waals surface area contributed by atoms with Crippen molar-refractivity contribution in [3.63, 3.8) is 0 Å². The van der Waals surface area contributed by atoms with Crippen LogP contribution < -0.4 is 9.80 Å². The van der Waals surface area contributed by atoms with Gasteiger partial charge < -0.3 is 14.7 Å². The second-order valence-electron chi connectivity index (χ2n) is 9.28. The Hall–Kier alpha value is -3.56. The molecule has 0 aliphatic carbocycles. The molecular weight excluding hydrogens is 442 g/mol. The normalized spacial score (nSPS) is 16.6. The van der Waals surface area contributed by atoms with Crippen molar-refractivity contribution < 1.29 is 4.79 Å². The number of rotatable bonds is 6. The molecule has 3 aromatic rings. The van der Waals surface area contributed by atoms with Crippen molar-refractivity contribution >= 4 is 17.7 Å². The molecule has 0 unspecified atom stereocenters. The second kappa shape index (κ2) is 10.4. The molecule has 2 fully saturated rings. The van der Waals surface area contributed by atoms with E-state index in [0.717, 1.165) is 54.9 Å². The summed E-state index contributed by atoms with van der Waals surface area (Å²) in [5, 5.41) is 13.6. The van der Waals surface area contributed by atoms with E-state index < -0.39 is 0 Å². The van der Waals surface area contributed by atoms with Crippen LogP contribution in [0.25, 0.3) is 5.82 Å². The highest BCUT2D eigenvalue weighted by Crippen LogP contribution is 2.21. The second-order valence-corrected chi connectivity index (χ2v) is 9.28. The number of amides is 1. The summed E-state index contributed by atoms with van der Waals surface area (Å²) in [4.78, 5) is 27.9. The Bertz CT molecular complexity index is 1130. The van der Waals surface area contributed by atoms with Gasteiger partial charge in [-0.15, -0.1) is 10.2 Å². The standard InChI is InChI=1S/C25H33N9O/c1-19-21(7-10-24(35)32-15-17-33(18-16-32)25-26-11-6-12-27-25)20(2)34(30-19)23-9-8-22(28-29-23)31-13-4-3-5-14-31/h6,8-9,11-12H,3-5,7,10,13-18H2,1-2H3. The Morgan fingerprint density at radius 3 is 2.23 bits per heavy atom. The molecule has 0 radical (unpaired) electrons. The predicted octanol–water partition coefficient (Wildman–Crippen LogP) is 2.34. The Morgan fingerprint density at radius 2 is 1.54 bits per heavy atom. The summed E-state index contributed by atoms with van der Waals surface area (Å²) in [6.45, 7) is 8.99. The SMILES string of the molecule is Cc1nn(-c2ccc(N3CCCCC3)nn2)c(C)c1CCC(=O)N1CCN(c2ncccn2)CC1. The van der Waals surface area contributed by atoms with E-state index in [9.17, 15) is 4.79 Å². The first kappa shape index (κ1) is 23.2. The van der Waals surface area contributed by atoms with Crippen molar-refractivity contribution in [3.05, 3.63) is 47.5 Å². The zero-order valence-corrected chi connectivity index (χ0v) is 20.6. The Kier molecular flexibility index (Phi) is 6.87. The molecule has 0 N–H and O–H groups in total. The van der Waals surface area contributed by atoms with Gasteiger partial charge in [0.2, 0.25) is 11.9 Å². The van der Waals surface area contributed by atoms with Crippen molar-refractivity contribution in [2.75, 3.05) is 49.1 Å². The minimum atomic E-state index is 0.177. The fraction of sp³-hybridized carbons (Fsp3) is 0.520. The third-order valence-electron chi connectivity index (χ3n) is 7.03. The Labute approximate surface area is 206 Å². The largest absolute Gasteiger partial charge is 0.355 e. The summed E-state index contributed by atoms with van der Waals surface area (Å²) < 4.78 is 1.85. The predicted molar refractivity (Wildman–Crippen MR) is 134 cm³/mol. The number of carbonyl (C=O) groups is 1. The number of anilines is 2. The minimum Gasteiger partial charge on any atom is -0.355 e. The zero-order valence-electron chi connectivity index (χ0n) is 20.6. The van der Waals surface area contributed by atoms with E-state index in [1.54, 1.807) is 12.4 Å². The van der Waals surface area contributed by atoms with E-state index in [-0.39, 0.29) is 5.91 Å². The van der Waals surface area contributed by atoms with Crippen LogP contribution in [0.5, 0.6) is 0 Å². The van der Waals surface area contributed by atoms with Gasteiger partial charge >= 0.3 is 0 Å². The summed E-state index contributed by atoms with van der Waals surface area (Å²) in [6, 6.07) is 5.83. The molecule has 0 atom stereocenters. The van der Waals surface area contributed by atoms with Crippen LogP contribution in [0.1, 0.15) is 42.6 Å². The number of piperidine rings is 1. The van der Waals surface area contributed by atoms with E-state index in [1.165, 1.54) is 19.3 Å². The van der Waals surface area contributed by atoms with Crippen molar-refractivity contribution in [2.24, 2.45) is 0 Å². The molecule has 10 heteroatoms.